The van der Waals surface area contributed by atoms with Crippen molar-refractivity contribution < 1.29 is 23.9 Å². The second kappa shape index (κ2) is 8.06. The number of nitrogens with zero attached hydrogens (tertiary/aromatic N) is 1. The van der Waals surface area contributed by atoms with Gasteiger partial charge in [-0.05, 0) is 48.3 Å². The van der Waals surface area contributed by atoms with Crippen LogP contribution in [-0.2, 0) is 9.47 Å². The van der Waals surface area contributed by atoms with Gasteiger partial charge >= 0.3 is 11.9 Å². The summed E-state index contributed by atoms with van der Waals surface area (Å²) in [4.78, 5) is 43.0. The summed E-state index contributed by atoms with van der Waals surface area (Å²) in [5.74, 6) is -1.59. The van der Waals surface area contributed by atoms with E-state index >= 15 is 0 Å². The molecule has 7 nitrogen and oxygen atoms in total. The van der Waals surface area contributed by atoms with Gasteiger partial charge in [0.2, 0.25) is 5.78 Å². The summed E-state index contributed by atoms with van der Waals surface area (Å²) >= 11 is 3.21. The Kier molecular flexibility index (Phi) is 6.08. The van der Waals surface area contributed by atoms with Gasteiger partial charge in [0.1, 0.15) is 0 Å². The third-order valence-corrected chi connectivity index (χ3v) is 3.90. The Labute approximate surface area is 152 Å². The number of aryl methyl sites for hydroxylation is 1. The number of esters is 2. The molecule has 1 N–H and O–H groups in total. The van der Waals surface area contributed by atoms with Crippen LogP contribution in [0.25, 0.3) is 0 Å². The predicted molar refractivity (Wildman–Crippen MR) is 92.8 cm³/mol. The molecule has 0 spiro atoms. The smallest absolute Gasteiger partial charge is 0.340 e. The predicted octanol–water partition coefficient (Wildman–Crippen LogP) is 3.01. The highest BCUT2D eigenvalue weighted by Crippen LogP contribution is 2.20. The molecule has 0 radical (unpaired) electrons. The molecule has 2 aromatic rings. The van der Waals surface area contributed by atoms with Gasteiger partial charge in [-0.2, -0.15) is 0 Å². The molecule has 0 amide bonds. The number of ether oxygens (including phenoxy) is 2. The molecule has 8 heteroatoms. The van der Waals surface area contributed by atoms with Gasteiger partial charge in [0.15, 0.2) is 6.61 Å². The number of Topliss-reactive ketones (excluding diaryl/α,β-unsaturated/α-hetero) is 1. The number of hydrogen-bond acceptors (Lipinski definition) is 6. The number of ketones is 1. The van der Waals surface area contributed by atoms with Crippen molar-refractivity contribution in [3.05, 3.63) is 51.0 Å². The highest BCUT2D eigenvalue weighted by atomic mass is 79.9. The van der Waals surface area contributed by atoms with E-state index in [1.54, 1.807) is 26.8 Å². The zero-order valence-electron chi connectivity index (χ0n) is 14.0. The van der Waals surface area contributed by atoms with Crippen molar-refractivity contribution in [1.29, 1.82) is 0 Å². The second-order valence-electron chi connectivity index (χ2n) is 5.24. The summed E-state index contributed by atoms with van der Waals surface area (Å²) in [6.07, 6.45) is 2.88. The van der Waals surface area contributed by atoms with E-state index in [0.717, 1.165) is 0 Å². The first-order chi connectivity index (χ1) is 11.8. The molecule has 0 atom stereocenters. The van der Waals surface area contributed by atoms with Crippen molar-refractivity contribution >= 4 is 33.7 Å². The van der Waals surface area contributed by atoms with Gasteiger partial charge in [-0.15, -0.1) is 0 Å². The minimum Gasteiger partial charge on any atom is -0.462 e. The third kappa shape index (κ3) is 4.33. The topological polar surface area (TPSA) is 98.4 Å². The molecule has 0 fully saturated rings. The van der Waals surface area contributed by atoms with Crippen LogP contribution < -0.4 is 0 Å². The van der Waals surface area contributed by atoms with Crippen molar-refractivity contribution in [2.75, 3.05) is 13.2 Å². The first-order valence-electron chi connectivity index (χ1n) is 7.52. The van der Waals surface area contributed by atoms with Crippen LogP contribution in [0.15, 0.2) is 22.9 Å². The van der Waals surface area contributed by atoms with Crippen LogP contribution >= 0.6 is 15.9 Å². The minimum absolute atomic E-state index is 0.223. The van der Waals surface area contributed by atoms with E-state index in [1.807, 2.05) is 0 Å². The fraction of sp³-hybridized carbons (Fsp3) is 0.294. The summed E-state index contributed by atoms with van der Waals surface area (Å²) in [5, 5.41) is 0. The zero-order chi connectivity index (χ0) is 18.6. The molecule has 0 aliphatic carbocycles. The number of rotatable bonds is 6. The van der Waals surface area contributed by atoms with Crippen LogP contribution in [0.2, 0.25) is 0 Å². The SMILES string of the molecule is CCOC(=O)c1c(C)[nH]c(C(=O)COC(=O)c2cncc(Br)c2)c1C. The highest BCUT2D eigenvalue weighted by Gasteiger charge is 2.23. The Morgan fingerprint density at radius 1 is 1.16 bits per heavy atom. The average molecular weight is 409 g/mol. The van der Waals surface area contributed by atoms with Crippen molar-refractivity contribution in [3.8, 4) is 0 Å². The lowest BCUT2D eigenvalue weighted by Gasteiger charge is -2.05. The number of carbonyl (C=O) groups excluding carboxylic acids is 3. The standard InChI is InChI=1S/C17H17BrN2O5/c1-4-24-17(23)14-9(2)15(20-10(14)3)13(21)8-25-16(22)11-5-12(18)7-19-6-11/h5-7,20H,4,8H2,1-3H3. The van der Waals surface area contributed by atoms with Crippen LogP contribution in [0, 0.1) is 13.8 Å². The van der Waals surface area contributed by atoms with Crippen LogP contribution in [0.1, 0.15) is 49.4 Å². The number of hydrogen-bond donors (Lipinski definition) is 1. The quantitative estimate of drug-likeness (QED) is 0.582. The van der Waals surface area contributed by atoms with Crippen LogP contribution in [0.3, 0.4) is 0 Å². The Balaban J connectivity index is 2.10. The highest BCUT2D eigenvalue weighted by molar-refractivity contribution is 9.10. The Hall–Kier alpha value is -2.48. The normalized spacial score (nSPS) is 10.4. The van der Waals surface area contributed by atoms with Gasteiger partial charge in [0, 0.05) is 22.6 Å². The molecule has 0 aliphatic rings. The summed E-state index contributed by atoms with van der Waals surface area (Å²) in [7, 11) is 0. The van der Waals surface area contributed by atoms with Gasteiger partial charge in [-0.1, -0.05) is 0 Å². The lowest BCUT2D eigenvalue weighted by atomic mass is 10.1. The maximum Gasteiger partial charge on any atom is 0.340 e. The molecule has 2 aromatic heterocycles. The van der Waals surface area contributed by atoms with E-state index in [1.165, 1.54) is 12.4 Å². The number of H-pyrrole nitrogens is 1. The van der Waals surface area contributed by atoms with Gasteiger partial charge < -0.3 is 14.5 Å². The Morgan fingerprint density at radius 3 is 2.52 bits per heavy atom. The minimum atomic E-state index is -0.659. The number of pyridine rings is 1. The summed E-state index contributed by atoms with van der Waals surface area (Å²) < 4.78 is 10.6. The van der Waals surface area contributed by atoms with E-state index in [-0.39, 0.29) is 17.9 Å². The molecule has 0 saturated heterocycles. The largest absolute Gasteiger partial charge is 0.462 e. The molecule has 0 aliphatic heterocycles. The molecule has 2 rings (SSSR count). The van der Waals surface area contributed by atoms with Crippen LogP contribution in [0.5, 0.6) is 0 Å². The van der Waals surface area contributed by atoms with E-state index in [4.69, 9.17) is 9.47 Å². The summed E-state index contributed by atoms with van der Waals surface area (Å²) in [5.41, 5.74) is 1.78. The maximum atomic E-state index is 12.3. The lowest BCUT2D eigenvalue weighted by molar-refractivity contribution is 0.0471. The first kappa shape index (κ1) is 18.9. The van der Waals surface area contributed by atoms with Crippen molar-refractivity contribution in [2.24, 2.45) is 0 Å². The van der Waals surface area contributed by atoms with E-state index in [0.29, 0.717) is 21.3 Å². The van der Waals surface area contributed by atoms with Gasteiger partial charge in [-0.3, -0.25) is 9.78 Å². The first-order valence-corrected chi connectivity index (χ1v) is 8.31. The van der Waals surface area contributed by atoms with Crippen molar-refractivity contribution in [1.82, 2.24) is 9.97 Å². The zero-order valence-corrected chi connectivity index (χ0v) is 15.6. The molecule has 132 valence electrons. The number of aromatic amines is 1. The molecule has 0 saturated carbocycles. The second-order valence-corrected chi connectivity index (χ2v) is 6.15. The molecular weight excluding hydrogens is 392 g/mol. The molecule has 2 heterocycles. The Morgan fingerprint density at radius 2 is 1.88 bits per heavy atom. The number of halogens is 1. The van der Waals surface area contributed by atoms with E-state index < -0.39 is 24.3 Å². The van der Waals surface area contributed by atoms with Gasteiger partial charge in [0.25, 0.3) is 0 Å². The summed E-state index contributed by atoms with van der Waals surface area (Å²) in [6.45, 7) is 4.81. The molecular formula is C17H17BrN2O5. The van der Waals surface area contributed by atoms with Gasteiger partial charge in [-0.25, -0.2) is 9.59 Å². The number of aromatic nitrogens is 2. The van der Waals surface area contributed by atoms with Crippen molar-refractivity contribution in [2.45, 2.75) is 20.8 Å². The van der Waals surface area contributed by atoms with Crippen LogP contribution in [-0.4, -0.2) is 40.9 Å². The number of carbonyl (C=O) groups is 3. The van der Waals surface area contributed by atoms with E-state index in [2.05, 4.69) is 25.9 Å². The fourth-order valence-electron chi connectivity index (χ4n) is 2.35. The number of nitrogens with one attached hydrogen (secondary N) is 1. The molecule has 25 heavy (non-hydrogen) atoms. The fourth-order valence-corrected chi connectivity index (χ4v) is 2.71. The average Bonchev–Trinajstić information content (AvgIpc) is 2.87. The van der Waals surface area contributed by atoms with Gasteiger partial charge in [0.05, 0.1) is 23.4 Å². The molecule has 0 aromatic carbocycles. The molecule has 0 bridgehead atoms. The lowest BCUT2D eigenvalue weighted by Crippen LogP contribution is -2.16. The van der Waals surface area contributed by atoms with Crippen LogP contribution in [0.4, 0.5) is 0 Å². The Bertz CT molecular complexity index is 828. The monoisotopic (exact) mass is 408 g/mol. The maximum absolute atomic E-state index is 12.3. The molecule has 0 unspecified atom stereocenters. The van der Waals surface area contributed by atoms with Crippen molar-refractivity contribution in [3.63, 3.8) is 0 Å². The van der Waals surface area contributed by atoms with E-state index in [9.17, 15) is 14.4 Å². The third-order valence-electron chi connectivity index (χ3n) is 3.47. The summed E-state index contributed by atoms with van der Waals surface area (Å²) in [6, 6.07) is 1.54.